The highest BCUT2D eigenvalue weighted by atomic mass is 16.5. The molecule has 0 saturated carbocycles. The predicted molar refractivity (Wildman–Crippen MR) is 547 cm³/mol. The molecule has 0 radical (unpaired) electrons. The van der Waals surface area contributed by atoms with Gasteiger partial charge in [-0.25, -0.2) is 0 Å². The van der Waals surface area contributed by atoms with Crippen molar-refractivity contribution in [2.24, 2.45) is 70.9 Å². The summed E-state index contributed by atoms with van der Waals surface area (Å²) < 4.78 is 720. The molecule has 0 aliphatic carbocycles. The van der Waals surface area contributed by atoms with Crippen molar-refractivity contribution in [3.63, 3.8) is 0 Å². The molecule has 0 aromatic heterocycles. The Kier molecular flexibility index (Phi) is 16.0. The summed E-state index contributed by atoms with van der Waals surface area (Å²) in [5.41, 5.74) is -8.24. The monoisotopic (exact) mass is 1990 g/mol. The molecule has 6 fully saturated rings. The fourth-order valence-corrected chi connectivity index (χ4v) is 16.6. The van der Waals surface area contributed by atoms with E-state index < -0.39 is 454 Å². The maximum absolute atomic E-state index is 11.4. The molecule has 6 aromatic rings. The summed E-state index contributed by atoms with van der Waals surface area (Å²) in [6.07, 6.45) is -53.6. The fraction of sp³-hybridized carbons (Fsp3) is 0.684. The number of ether oxygens (including phenoxy) is 12. The van der Waals surface area contributed by atoms with Gasteiger partial charge in [-0.3, -0.25) is 29.4 Å². The van der Waals surface area contributed by atoms with Gasteiger partial charge in [-0.2, -0.15) is 0 Å². The number of fused-ring (bicyclic) bond motifs is 18. The summed E-state index contributed by atoms with van der Waals surface area (Å²) in [7, 11) is 0.469. The number of hydrogen-bond acceptors (Lipinski definition) is 24. The second kappa shape index (κ2) is 49.1. The van der Waals surface area contributed by atoms with Crippen molar-refractivity contribution in [1.82, 2.24) is 29.4 Å². The van der Waals surface area contributed by atoms with Gasteiger partial charge in [-0.1, -0.05) is 82.9 Å². The first-order chi connectivity index (χ1) is 96.2. The minimum Gasteiger partial charge on any atom is -0.493 e. The molecule has 20 unspecified atom stereocenters. The van der Waals surface area contributed by atoms with Gasteiger partial charge in [-0.15, -0.1) is 0 Å². The molecule has 138 heavy (non-hydrogen) atoms. The molecular formula is C114H174N6O18. The first-order valence-corrected chi connectivity index (χ1v) is 44.2. The van der Waals surface area contributed by atoms with E-state index in [-0.39, 0.29) is 135 Å². The van der Waals surface area contributed by atoms with Crippen LogP contribution in [0.15, 0.2) is 72.5 Å². The number of nitrogens with zero attached hydrogens (tertiary/aromatic N) is 6. The zero-order valence-corrected chi connectivity index (χ0v) is 79.8. The summed E-state index contributed by atoms with van der Waals surface area (Å²) in [5.74, 6) is -26.6. The molecule has 18 rings (SSSR count). The highest BCUT2D eigenvalue weighted by Gasteiger charge is 2.47. The van der Waals surface area contributed by atoms with E-state index in [1.54, 1.807) is 13.8 Å². The van der Waals surface area contributed by atoms with Gasteiger partial charge in [0.05, 0.1) is 159 Å². The van der Waals surface area contributed by atoms with Gasteiger partial charge < -0.3 is 87.5 Å². The van der Waals surface area contributed by atoms with Gasteiger partial charge >= 0.3 is 0 Å². The van der Waals surface area contributed by atoms with Gasteiger partial charge in [0.1, 0.15) is 0 Å². The largest absolute Gasteiger partial charge is 0.493 e. The number of benzene rings is 6. The van der Waals surface area contributed by atoms with Crippen LogP contribution in [0, 0.1) is 70.9 Å². The molecule has 0 spiro atoms. The standard InChI is InChI=1S/6C19H29NO3/c6*1-12(2)7-14-11-20-6-5-13-8-18(22-3)19(23-4)9-15(13)16(20)10-17(14)21/h6*8-9,12,14,16-17,21H,5-7,10-11H2,1-4H3/i1D3,4D3,5D2,6D2,7D2,8D,9D,10D2,12D,14D,16D,17D;1D3,5D2,6D2,7D2,8D,9D,10D2,12D,14D,16D,17D;4D3,5D2,6D2,8D,9D,10D2,14D,16D,17D;4D3,5D2,6D2,8D,9D,11D2;2*5D2,6D2,8D,9D,11D2. The van der Waals surface area contributed by atoms with E-state index in [1.807, 2.05) is 41.5 Å². The van der Waals surface area contributed by atoms with Crippen molar-refractivity contribution in [2.75, 3.05) is 163 Å². The summed E-state index contributed by atoms with van der Waals surface area (Å²) in [6, 6.07) is -23.4. The third-order valence-electron chi connectivity index (χ3n) is 22.9. The van der Waals surface area contributed by atoms with Crippen LogP contribution in [-0.2, 0) is 38.2 Å². The zero-order chi connectivity index (χ0) is 168. The normalized spacial score (nSPS) is 48.6. The second-order valence-electron chi connectivity index (χ2n) is 34.7. The molecule has 20 atom stereocenters. The first kappa shape index (κ1) is 45.0. The predicted octanol–water partition coefficient (Wildman–Crippen LogP) is 18.2. The van der Waals surface area contributed by atoms with Crippen molar-refractivity contribution < 1.29 is 194 Å². The number of hydrogen-bond donors (Lipinski definition) is 6. The average Bonchev–Trinajstić information content (AvgIpc) is 0.641. The Bertz CT molecular complexity index is 8790. The molecule has 12 aliphatic rings. The van der Waals surface area contributed by atoms with Crippen molar-refractivity contribution >= 4 is 0 Å². The van der Waals surface area contributed by atoms with Crippen LogP contribution in [0.5, 0.6) is 69.0 Å². The van der Waals surface area contributed by atoms with Gasteiger partial charge in [0.25, 0.3) is 0 Å². The van der Waals surface area contributed by atoms with Crippen LogP contribution in [0.3, 0.4) is 0 Å². The van der Waals surface area contributed by atoms with E-state index in [1.165, 1.54) is 28.4 Å². The van der Waals surface area contributed by atoms with Crippen molar-refractivity contribution in [2.45, 2.75) is 271 Å². The van der Waals surface area contributed by atoms with Crippen LogP contribution in [0.1, 0.15) is 370 Å². The van der Waals surface area contributed by atoms with Crippen LogP contribution in [0.2, 0.25) is 0 Å². The number of aliphatic hydroxyl groups is 6. The molecule has 24 nitrogen and oxygen atoms in total. The summed E-state index contributed by atoms with van der Waals surface area (Å²) >= 11 is 0. The number of piperidine rings is 6. The van der Waals surface area contributed by atoms with Gasteiger partial charge in [0.15, 0.2) is 69.0 Å². The smallest absolute Gasteiger partial charge is 0.161 e. The van der Waals surface area contributed by atoms with Crippen LogP contribution in [0.4, 0.5) is 0 Å². The molecule has 6 aromatic carbocycles. The van der Waals surface area contributed by atoms with Crippen molar-refractivity contribution in [3.8, 4) is 69.0 Å². The van der Waals surface area contributed by atoms with E-state index in [2.05, 4.69) is 0 Å². The van der Waals surface area contributed by atoms with E-state index in [4.69, 9.17) is 160 Å². The lowest BCUT2D eigenvalue weighted by molar-refractivity contribution is -0.0192. The van der Waals surface area contributed by atoms with E-state index in [9.17, 15) is 34.8 Å². The molecule has 12 aliphatic heterocycles. The third kappa shape index (κ3) is 25.4. The van der Waals surface area contributed by atoms with Gasteiger partial charge in [0, 0.05) is 184 Å². The summed E-state index contributed by atoms with van der Waals surface area (Å²) in [6.45, 7) is -22.8. The zero-order valence-electron chi connectivity index (χ0n) is 158. The van der Waals surface area contributed by atoms with Crippen molar-refractivity contribution in [1.29, 1.82) is 0 Å². The molecule has 6 saturated heterocycles. The van der Waals surface area contributed by atoms with Crippen LogP contribution in [0.25, 0.3) is 0 Å². The lowest BCUT2D eigenvalue weighted by Crippen LogP contribution is -2.48. The maximum atomic E-state index is 11.4. The Morgan fingerprint density at radius 2 is 0.536 bits per heavy atom. The van der Waals surface area contributed by atoms with E-state index >= 15 is 0 Å². The topological polar surface area (TPSA) is 252 Å². The lowest BCUT2D eigenvalue weighted by atomic mass is 9.79. The van der Waals surface area contributed by atoms with Crippen LogP contribution < -0.4 is 56.8 Å². The summed E-state index contributed by atoms with van der Waals surface area (Å²) in [5, 5.41) is 66.6. The highest BCUT2D eigenvalue weighted by Crippen LogP contribution is 2.52. The Hall–Kier alpha value is -7.56. The fourth-order valence-electron chi connectivity index (χ4n) is 16.6. The first-order valence-electron chi connectivity index (χ1n) is 83.2. The van der Waals surface area contributed by atoms with Crippen LogP contribution in [-0.4, -0.2) is 260 Å². The minimum atomic E-state index is -4.26. The molecule has 768 valence electrons. The van der Waals surface area contributed by atoms with E-state index in [0.29, 0.717) is 23.6 Å². The second-order valence-corrected chi connectivity index (χ2v) is 34.7. The Labute approximate surface area is 936 Å². The van der Waals surface area contributed by atoms with Crippen LogP contribution >= 0.6 is 0 Å². The average molecular weight is 2000 g/mol. The molecule has 0 bridgehead atoms. The lowest BCUT2D eigenvalue weighted by Gasteiger charge is -2.46. The quantitative estimate of drug-likeness (QED) is 0.0329. The van der Waals surface area contributed by atoms with Gasteiger partial charge in [-0.05, 0) is 325 Å². The molecule has 24 heteroatoms. The third-order valence-corrected chi connectivity index (χ3v) is 22.9. The molecule has 12 heterocycles. The van der Waals surface area contributed by atoms with E-state index in [0.717, 1.165) is 45.3 Å². The molecule has 6 N–H and O–H groups in total. The van der Waals surface area contributed by atoms with Gasteiger partial charge in [0.2, 0.25) is 0 Å². The number of methoxy groups -OCH3 is 12. The highest BCUT2D eigenvalue weighted by molar-refractivity contribution is 5.55. The Balaban J connectivity index is 0.000000207. The Morgan fingerprint density at radius 1 is 0.319 bits per heavy atom. The molecule has 0 amide bonds. The SMILES string of the molecule is [2H]c1c(OC([2H])([2H])[2H])c(OC)c([2H])c2c1C1CC(O)C(CC(C)C)C([2H])([2H])N1C([2H])([2H])C2([2H])[2H].[2H]c1c(OC)c(OC([2H])([2H])[2H])c([2H])c2c1C([2H])([2H])C([2H])([2H])N1CC([2H])(C([2H])([2H])C([2H])(C)C([2H])([2H])[2H])C([2H])(O)C([2H])([2H])C21[2H].[2H]c1c(OC)c(OC([2H])([2H])[2H])c([2H])c2c1C([2H])([2H])C([2H])([2H])N1CC([2H])(CC(C)C)C([2H])(O)C([2H])([2H])C21[2H].[2H]c1c(OC)c(OC)c([2H])c2c1C([2H])([2H])C([2H])([2H])N1CC([2H])(C([2H])([2H])C([2H])(C)C([2H])([2H])[2H])C([2H])(O)C([2H])([2H])C21[2H].[2H]c1c(OC)c(OC)c([2H])c2c1C1CC(O)C(CC(C)C)C([2H])([2H])N1C([2H])([2H])C2([2H])[2H].[2H]c1c(OC)c(OC)c([2H])c2c1C1CC(O)C(CC(C)C)C([2H])([2H])N1C([2H])([2H])C2([2H])[2H]. The number of aliphatic hydroxyl groups excluding tert-OH is 3. The maximum Gasteiger partial charge on any atom is 0.161 e. The Morgan fingerprint density at radius 3 is 0.775 bits per heavy atom. The number of rotatable bonds is 24. The minimum absolute atomic E-state index is 0.00909. The van der Waals surface area contributed by atoms with Crippen molar-refractivity contribution in [3.05, 3.63) is 139 Å². The summed E-state index contributed by atoms with van der Waals surface area (Å²) in [4.78, 5) is 2.59. The molecular weight excluding hydrogens is 1740 g/mol.